The summed E-state index contributed by atoms with van der Waals surface area (Å²) in [6, 6.07) is 0.620. The van der Waals surface area contributed by atoms with Crippen LogP contribution in [0.5, 0.6) is 0 Å². The van der Waals surface area contributed by atoms with Crippen molar-refractivity contribution in [1.82, 2.24) is 20.4 Å². The number of hydrogen-bond acceptors (Lipinski definition) is 6. The lowest BCUT2D eigenvalue weighted by atomic mass is 9.44. The Hall–Kier alpha value is -1.42. The maximum atomic E-state index is 14.0. The lowest BCUT2D eigenvalue weighted by Crippen LogP contribution is -2.57. The van der Waals surface area contributed by atoms with E-state index in [-0.39, 0.29) is 29.8 Å². The van der Waals surface area contributed by atoms with Crippen molar-refractivity contribution >= 4 is 11.9 Å². The molecule has 1 spiro atoms. The molecule has 12 atom stereocenters. The number of amides is 3. The van der Waals surface area contributed by atoms with E-state index in [0.717, 1.165) is 69.6 Å². The maximum absolute atomic E-state index is 14.0. The summed E-state index contributed by atoms with van der Waals surface area (Å²) >= 11 is 0. The molecule has 5 saturated carbocycles. The van der Waals surface area contributed by atoms with Gasteiger partial charge in [0.25, 0.3) is 0 Å². The van der Waals surface area contributed by atoms with Crippen molar-refractivity contribution in [2.75, 3.05) is 52.5 Å². The summed E-state index contributed by atoms with van der Waals surface area (Å²) in [6.07, 6.45) is 18.4. The monoisotopic (exact) mass is 711 g/mol. The first-order valence-electron chi connectivity index (χ1n) is 21.6. The number of nitrogens with one attached hydrogen (secondary N) is 2. The Labute approximate surface area is 308 Å². The van der Waals surface area contributed by atoms with Crippen LogP contribution in [0.4, 0.5) is 4.79 Å². The first-order chi connectivity index (χ1) is 24.6. The molecule has 8 fully saturated rings. The predicted octanol–water partition coefficient (Wildman–Crippen LogP) is 6.59. The minimum absolute atomic E-state index is 0.0470. The molecule has 0 radical (unpaired) electrons. The zero-order valence-electron chi connectivity index (χ0n) is 32.5. The van der Waals surface area contributed by atoms with Crippen molar-refractivity contribution in [3.63, 3.8) is 0 Å². The van der Waals surface area contributed by atoms with Crippen LogP contribution in [0.3, 0.4) is 0 Å². The summed E-state index contributed by atoms with van der Waals surface area (Å²) in [4.78, 5) is 31.0. The average molecular weight is 711 g/mol. The molecule has 0 unspecified atom stereocenters. The number of hydrogen-bond donors (Lipinski definition) is 2. The Kier molecular flexibility index (Phi) is 10.5. The first-order valence-corrected chi connectivity index (χ1v) is 21.6. The van der Waals surface area contributed by atoms with Gasteiger partial charge < -0.3 is 29.7 Å². The molecule has 8 aliphatic rings. The Bertz CT molecular complexity index is 1250. The number of carbonyl (C=O) groups excluding carboxylic acids is 2. The molecule has 8 rings (SSSR count). The summed E-state index contributed by atoms with van der Waals surface area (Å²) in [7, 11) is 0. The summed E-state index contributed by atoms with van der Waals surface area (Å²) in [5.74, 6) is 4.51. The second-order valence-corrected chi connectivity index (χ2v) is 19.3. The van der Waals surface area contributed by atoms with Crippen LogP contribution >= 0.6 is 0 Å². The van der Waals surface area contributed by atoms with Crippen LogP contribution in [-0.4, -0.2) is 98.3 Å². The van der Waals surface area contributed by atoms with Gasteiger partial charge in [-0.1, -0.05) is 47.0 Å². The second-order valence-electron chi connectivity index (χ2n) is 19.3. The van der Waals surface area contributed by atoms with Gasteiger partial charge >= 0.3 is 6.03 Å². The molecule has 2 N–H and O–H groups in total. The zero-order valence-corrected chi connectivity index (χ0v) is 32.5. The highest BCUT2D eigenvalue weighted by atomic mass is 16.7. The SMILES string of the molecule is C[C@H]1CC[C@@]2(OC1)O[C@H]1C[C@H]3[C@@H]4CC[C@@H]5C[C@H](NC(=O)N(CCNC(=O)CN6CCOCC6)C6CCCCC6)CC[C@]5(C)[C@H]4CC[C@]3(C)[C@H]1[C@@H]2C. The fourth-order valence-corrected chi connectivity index (χ4v) is 13.8. The fraction of sp³-hybridized carbons (Fsp3) is 0.952. The summed E-state index contributed by atoms with van der Waals surface area (Å²) in [5.41, 5.74) is 0.730. The highest BCUT2D eigenvalue weighted by Gasteiger charge is 2.69. The smallest absolute Gasteiger partial charge is 0.317 e. The number of morpholine rings is 1. The van der Waals surface area contributed by atoms with Crippen LogP contribution in [0, 0.1) is 52.3 Å². The minimum Gasteiger partial charge on any atom is -0.379 e. The third kappa shape index (κ3) is 6.79. The lowest BCUT2D eigenvalue weighted by molar-refractivity contribution is -0.273. The third-order valence-corrected chi connectivity index (χ3v) is 16.7. The highest BCUT2D eigenvalue weighted by Crippen LogP contribution is 2.71. The topological polar surface area (TPSA) is 92.4 Å². The summed E-state index contributed by atoms with van der Waals surface area (Å²) in [6.45, 7) is 15.4. The molecule has 9 heteroatoms. The van der Waals surface area contributed by atoms with E-state index in [9.17, 15) is 9.59 Å². The molecular weight excluding hydrogens is 640 g/mol. The highest BCUT2D eigenvalue weighted by molar-refractivity contribution is 5.78. The van der Waals surface area contributed by atoms with E-state index in [1.807, 2.05) is 0 Å². The molecule has 288 valence electrons. The van der Waals surface area contributed by atoms with E-state index >= 15 is 0 Å². The average Bonchev–Trinajstić information content (AvgIpc) is 3.58. The van der Waals surface area contributed by atoms with Gasteiger partial charge in [-0.05, 0) is 117 Å². The molecule has 0 aromatic carbocycles. The third-order valence-electron chi connectivity index (χ3n) is 16.7. The Balaban J connectivity index is 0.871. The van der Waals surface area contributed by atoms with Crippen molar-refractivity contribution in [1.29, 1.82) is 0 Å². The van der Waals surface area contributed by atoms with Crippen molar-refractivity contribution < 1.29 is 23.8 Å². The van der Waals surface area contributed by atoms with E-state index < -0.39 is 0 Å². The maximum Gasteiger partial charge on any atom is 0.317 e. The van der Waals surface area contributed by atoms with Gasteiger partial charge in [-0.15, -0.1) is 0 Å². The van der Waals surface area contributed by atoms with Gasteiger partial charge in [0, 0.05) is 50.6 Å². The molecule has 5 aliphatic carbocycles. The molecular formula is C42H70N4O5. The molecule has 0 aromatic heterocycles. The van der Waals surface area contributed by atoms with E-state index in [2.05, 4.69) is 48.1 Å². The molecule has 0 aromatic rings. The first kappa shape index (κ1) is 36.6. The van der Waals surface area contributed by atoms with Gasteiger partial charge in [-0.25, -0.2) is 4.79 Å². The second kappa shape index (κ2) is 14.7. The van der Waals surface area contributed by atoms with Crippen LogP contribution in [-0.2, 0) is 19.0 Å². The Morgan fingerprint density at radius 3 is 2.41 bits per heavy atom. The lowest BCUT2D eigenvalue weighted by Gasteiger charge is -2.61. The number of ether oxygens (including phenoxy) is 3. The fourth-order valence-electron chi connectivity index (χ4n) is 13.8. The molecule has 0 bridgehead atoms. The number of rotatable bonds is 7. The van der Waals surface area contributed by atoms with Crippen LogP contribution in [0.15, 0.2) is 0 Å². The number of nitrogens with zero attached hydrogens (tertiary/aromatic N) is 2. The van der Waals surface area contributed by atoms with E-state index in [0.29, 0.717) is 73.5 Å². The summed E-state index contributed by atoms with van der Waals surface area (Å²) in [5, 5.41) is 6.69. The minimum atomic E-state index is -0.331. The Morgan fingerprint density at radius 1 is 0.863 bits per heavy atom. The summed E-state index contributed by atoms with van der Waals surface area (Å²) < 4.78 is 19.0. The van der Waals surface area contributed by atoms with Crippen molar-refractivity contribution in [3.8, 4) is 0 Å². The van der Waals surface area contributed by atoms with E-state index in [1.54, 1.807) is 0 Å². The quantitative estimate of drug-likeness (QED) is 0.310. The van der Waals surface area contributed by atoms with Gasteiger partial charge in [0.05, 0.1) is 32.5 Å². The van der Waals surface area contributed by atoms with Crippen LogP contribution in [0.1, 0.15) is 124 Å². The van der Waals surface area contributed by atoms with Gasteiger partial charge in [0.15, 0.2) is 5.79 Å². The van der Waals surface area contributed by atoms with Gasteiger partial charge in [0.2, 0.25) is 5.91 Å². The number of urea groups is 1. The molecule has 3 aliphatic heterocycles. The molecule has 3 amide bonds. The van der Waals surface area contributed by atoms with Crippen LogP contribution in [0.2, 0.25) is 0 Å². The van der Waals surface area contributed by atoms with E-state index in [1.165, 1.54) is 64.2 Å². The van der Waals surface area contributed by atoms with Crippen LogP contribution in [0.25, 0.3) is 0 Å². The van der Waals surface area contributed by atoms with Gasteiger partial charge in [0.1, 0.15) is 0 Å². The van der Waals surface area contributed by atoms with Crippen molar-refractivity contribution in [2.24, 2.45) is 52.3 Å². The van der Waals surface area contributed by atoms with Crippen molar-refractivity contribution in [2.45, 2.75) is 148 Å². The van der Waals surface area contributed by atoms with Crippen LogP contribution < -0.4 is 10.6 Å². The molecule has 9 nitrogen and oxygen atoms in total. The standard InChI is InChI=1S/C42H70N4O5/c1-28-12-17-42(50-27-28)29(2)38-36(51-42)25-35-33-11-10-30-24-31(13-15-40(30,3)34(33)14-16-41(35,38)4)44-39(48)46(32-8-6-5-7-9-32)19-18-43-37(47)26-45-20-22-49-23-21-45/h28-36,38H,5-27H2,1-4H3,(H,43,47)(H,44,48)/t28-,29-,30+,31+,33+,34-,35-,36-,38-,40-,41-,42+/m0/s1. The van der Waals surface area contributed by atoms with Gasteiger partial charge in [-0.2, -0.15) is 0 Å². The van der Waals surface area contributed by atoms with Crippen molar-refractivity contribution in [3.05, 3.63) is 0 Å². The molecule has 3 saturated heterocycles. The normalized spacial score (nSPS) is 45.7. The predicted molar refractivity (Wildman–Crippen MR) is 198 cm³/mol. The zero-order chi connectivity index (χ0) is 35.4. The largest absolute Gasteiger partial charge is 0.379 e. The number of carbonyl (C=O) groups is 2. The van der Waals surface area contributed by atoms with E-state index in [4.69, 9.17) is 14.2 Å². The molecule has 51 heavy (non-hydrogen) atoms. The molecule has 3 heterocycles. The Morgan fingerprint density at radius 2 is 1.65 bits per heavy atom. The number of fused-ring (bicyclic) bond motifs is 7. The van der Waals surface area contributed by atoms with Gasteiger partial charge in [-0.3, -0.25) is 9.69 Å².